The van der Waals surface area contributed by atoms with Gasteiger partial charge in [-0.25, -0.2) is 5.43 Å². The number of rotatable bonds is 3. The van der Waals surface area contributed by atoms with Gasteiger partial charge in [0.1, 0.15) is 6.26 Å². The molecule has 5 nitrogen and oxygen atoms in total. The molecule has 0 unspecified atom stereocenters. The number of nitrogens with zero attached hydrogens (tertiary/aromatic N) is 1. The zero-order chi connectivity index (χ0) is 18.8. The van der Waals surface area contributed by atoms with Crippen LogP contribution in [-0.4, -0.2) is 12.1 Å². The first-order valence-electron chi connectivity index (χ1n) is 7.37. The number of nitrogens with one attached hydrogen (secondary N) is 1. The van der Waals surface area contributed by atoms with Crippen molar-refractivity contribution in [3.63, 3.8) is 0 Å². The fourth-order valence-corrected chi connectivity index (χ4v) is 3.28. The maximum absolute atomic E-state index is 12.5. The van der Waals surface area contributed by atoms with E-state index in [1.165, 1.54) is 24.6 Å². The van der Waals surface area contributed by atoms with Crippen molar-refractivity contribution in [3.8, 4) is 0 Å². The summed E-state index contributed by atoms with van der Waals surface area (Å²) in [5.41, 5.74) is 4.00. The summed E-state index contributed by atoms with van der Waals surface area (Å²) < 4.78 is 6.36. The molecular weight excluding hydrogens is 490 g/mol. The van der Waals surface area contributed by atoms with Crippen molar-refractivity contribution in [2.75, 3.05) is 0 Å². The second-order valence-corrected chi connectivity index (χ2v) is 7.45. The van der Waals surface area contributed by atoms with Gasteiger partial charge in [-0.1, -0.05) is 29.3 Å². The summed E-state index contributed by atoms with van der Waals surface area (Å²) in [6.07, 6.45) is 2.45. The Balaban J connectivity index is 1.84. The van der Waals surface area contributed by atoms with Gasteiger partial charge in [0.05, 0.1) is 22.2 Å². The normalized spacial score (nSPS) is 11.2. The average Bonchev–Trinajstić information content (AvgIpc) is 2.59. The van der Waals surface area contributed by atoms with Crippen LogP contribution >= 0.6 is 45.8 Å². The van der Waals surface area contributed by atoms with Crippen molar-refractivity contribution in [1.82, 2.24) is 5.43 Å². The first-order chi connectivity index (χ1) is 12.4. The molecular formula is C18H11Cl2IN2O3. The number of hydrogen-bond acceptors (Lipinski definition) is 4. The van der Waals surface area contributed by atoms with Gasteiger partial charge in [-0.3, -0.25) is 9.59 Å². The van der Waals surface area contributed by atoms with Crippen LogP contribution in [0.2, 0.25) is 10.0 Å². The first kappa shape index (κ1) is 18.9. The monoisotopic (exact) mass is 500 g/mol. The standard InChI is InChI=1S/C18H11Cl2IN2O3/c1-9-2-3-10(4-15(9)21)18(25)23-22-7-11-8-26-17-13(16(11)24)5-12(19)6-14(17)20/h2-8H,1H3,(H,23,25)/b22-7+. The van der Waals surface area contributed by atoms with Gasteiger partial charge in [-0.15, -0.1) is 0 Å². The number of carbonyl (C=O) groups is 1. The van der Waals surface area contributed by atoms with Crippen LogP contribution in [0, 0.1) is 10.5 Å². The Kier molecular flexibility index (Phi) is 5.64. The molecule has 26 heavy (non-hydrogen) atoms. The van der Waals surface area contributed by atoms with E-state index in [-0.39, 0.29) is 32.9 Å². The van der Waals surface area contributed by atoms with E-state index >= 15 is 0 Å². The summed E-state index contributed by atoms with van der Waals surface area (Å²) in [7, 11) is 0. The van der Waals surface area contributed by atoms with Gasteiger partial charge >= 0.3 is 0 Å². The molecule has 0 atom stereocenters. The Morgan fingerprint density at radius 2 is 2.04 bits per heavy atom. The van der Waals surface area contributed by atoms with Crippen LogP contribution in [0.1, 0.15) is 21.5 Å². The van der Waals surface area contributed by atoms with Crippen LogP contribution in [0.25, 0.3) is 11.0 Å². The molecule has 0 saturated carbocycles. The molecule has 132 valence electrons. The molecule has 3 aromatic rings. The summed E-state index contributed by atoms with van der Waals surface area (Å²) in [5.74, 6) is -0.379. The predicted octanol–water partition coefficient (Wildman–Crippen LogP) is 4.78. The molecule has 0 spiro atoms. The molecule has 0 radical (unpaired) electrons. The SMILES string of the molecule is Cc1ccc(C(=O)N/N=C/c2coc3c(Cl)cc(Cl)cc3c2=O)cc1I. The van der Waals surface area contributed by atoms with Crippen molar-refractivity contribution in [1.29, 1.82) is 0 Å². The Bertz CT molecular complexity index is 1110. The number of fused-ring (bicyclic) bond motifs is 1. The molecule has 8 heteroatoms. The molecule has 1 heterocycles. The maximum atomic E-state index is 12.5. The van der Waals surface area contributed by atoms with Crippen LogP contribution < -0.4 is 10.9 Å². The van der Waals surface area contributed by atoms with E-state index in [0.29, 0.717) is 10.6 Å². The lowest BCUT2D eigenvalue weighted by Gasteiger charge is -2.03. The maximum Gasteiger partial charge on any atom is 0.271 e. The second-order valence-electron chi connectivity index (χ2n) is 5.45. The number of hydrogen-bond donors (Lipinski definition) is 1. The Morgan fingerprint density at radius 3 is 2.77 bits per heavy atom. The highest BCUT2D eigenvalue weighted by Gasteiger charge is 2.10. The molecule has 1 amide bonds. The van der Waals surface area contributed by atoms with Gasteiger partial charge in [0.2, 0.25) is 5.43 Å². The molecule has 0 aliphatic carbocycles. The molecule has 0 aliphatic heterocycles. The van der Waals surface area contributed by atoms with Gasteiger partial charge in [-0.05, 0) is 59.3 Å². The Labute approximate surface area is 172 Å². The summed E-state index contributed by atoms with van der Waals surface area (Å²) in [4.78, 5) is 24.6. The topological polar surface area (TPSA) is 71.7 Å². The lowest BCUT2D eigenvalue weighted by molar-refractivity contribution is 0.0955. The van der Waals surface area contributed by atoms with Crippen LogP contribution in [0.15, 0.2) is 50.9 Å². The van der Waals surface area contributed by atoms with Crippen LogP contribution in [0.3, 0.4) is 0 Å². The fourth-order valence-electron chi connectivity index (χ4n) is 2.23. The number of amides is 1. The van der Waals surface area contributed by atoms with E-state index in [0.717, 1.165) is 9.13 Å². The van der Waals surface area contributed by atoms with Crippen molar-refractivity contribution in [2.45, 2.75) is 6.92 Å². The first-order valence-corrected chi connectivity index (χ1v) is 9.20. The van der Waals surface area contributed by atoms with E-state index < -0.39 is 0 Å². The van der Waals surface area contributed by atoms with Crippen molar-refractivity contribution in [2.24, 2.45) is 5.10 Å². The van der Waals surface area contributed by atoms with E-state index in [2.05, 4.69) is 33.1 Å². The van der Waals surface area contributed by atoms with Gasteiger partial charge in [0, 0.05) is 14.2 Å². The van der Waals surface area contributed by atoms with Crippen molar-refractivity contribution < 1.29 is 9.21 Å². The molecule has 0 bridgehead atoms. The minimum Gasteiger partial charge on any atom is -0.462 e. The zero-order valence-corrected chi connectivity index (χ0v) is 17.0. The van der Waals surface area contributed by atoms with Gasteiger partial charge in [0.25, 0.3) is 5.91 Å². The Morgan fingerprint density at radius 1 is 1.27 bits per heavy atom. The third kappa shape index (κ3) is 3.92. The van der Waals surface area contributed by atoms with Crippen molar-refractivity contribution in [3.05, 3.63) is 77.1 Å². The fraction of sp³-hybridized carbons (Fsp3) is 0.0556. The quantitative estimate of drug-likeness (QED) is 0.319. The minimum absolute atomic E-state index is 0.162. The lowest BCUT2D eigenvalue weighted by atomic mass is 10.1. The number of aryl methyl sites for hydroxylation is 1. The average molecular weight is 501 g/mol. The van der Waals surface area contributed by atoms with E-state index in [1.807, 2.05) is 13.0 Å². The number of carbonyl (C=O) groups excluding carboxylic acids is 1. The molecule has 0 fully saturated rings. The van der Waals surface area contributed by atoms with Gasteiger partial charge in [0.15, 0.2) is 5.58 Å². The Hall–Kier alpha value is -1.90. The van der Waals surface area contributed by atoms with Crippen LogP contribution in [0.5, 0.6) is 0 Å². The highest BCUT2D eigenvalue weighted by atomic mass is 127. The van der Waals surface area contributed by atoms with E-state index in [1.54, 1.807) is 12.1 Å². The highest BCUT2D eigenvalue weighted by molar-refractivity contribution is 14.1. The molecule has 3 rings (SSSR count). The summed E-state index contributed by atoms with van der Waals surface area (Å²) in [6.45, 7) is 1.96. The summed E-state index contributed by atoms with van der Waals surface area (Å²) >= 11 is 14.1. The minimum atomic E-state index is -0.379. The van der Waals surface area contributed by atoms with E-state index in [4.69, 9.17) is 27.6 Å². The smallest absolute Gasteiger partial charge is 0.271 e. The van der Waals surface area contributed by atoms with Crippen LogP contribution in [0.4, 0.5) is 0 Å². The summed E-state index contributed by atoms with van der Waals surface area (Å²) in [5, 5.41) is 4.64. The van der Waals surface area contributed by atoms with Gasteiger partial charge < -0.3 is 4.42 Å². The second kappa shape index (κ2) is 7.77. The number of hydrazone groups is 1. The predicted molar refractivity (Wildman–Crippen MR) is 111 cm³/mol. The highest BCUT2D eigenvalue weighted by Crippen LogP contribution is 2.26. The number of halogens is 3. The largest absolute Gasteiger partial charge is 0.462 e. The molecule has 1 aromatic heterocycles. The van der Waals surface area contributed by atoms with Crippen molar-refractivity contribution >= 4 is 68.9 Å². The lowest BCUT2D eigenvalue weighted by Crippen LogP contribution is -2.18. The summed E-state index contributed by atoms with van der Waals surface area (Å²) in [6, 6.07) is 8.28. The molecule has 1 N–H and O–H groups in total. The third-order valence-electron chi connectivity index (χ3n) is 3.62. The molecule has 0 saturated heterocycles. The zero-order valence-electron chi connectivity index (χ0n) is 13.3. The van der Waals surface area contributed by atoms with E-state index in [9.17, 15) is 9.59 Å². The van der Waals surface area contributed by atoms with Gasteiger partial charge in [-0.2, -0.15) is 5.10 Å². The van der Waals surface area contributed by atoms with Crippen LogP contribution in [-0.2, 0) is 0 Å². The third-order valence-corrected chi connectivity index (χ3v) is 5.28. The molecule has 2 aromatic carbocycles. The number of benzene rings is 2. The molecule has 0 aliphatic rings.